The number of benzene rings is 2. The average molecular weight is 433 g/mol. The standard InChI is InChI=1S/C24H36N2OS2/c1-5-9-17-13-21(14-18(10-6-2)23(17)25)28-27-29-22-15-19(11-7-3)24(26)20(16-22)12-8-4/h13-16H,5-12,25-26H2,1-4H3. The van der Waals surface area contributed by atoms with Gasteiger partial charge in [0.05, 0.1) is 0 Å². The maximum absolute atomic E-state index is 6.38. The molecule has 0 unspecified atom stereocenters. The highest BCUT2D eigenvalue weighted by Gasteiger charge is 2.11. The van der Waals surface area contributed by atoms with Gasteiger partial charge in [0.2, 0.25) is 0 Å². The van der Waals surface area contributed by atoms with Crippen LogP contribution >= 0.6 is 24.1 Å². The van der Waals surface area contributed by atoms with Crippen molar-refractivity contribution in [3.05, 3.63) is 46.5 Å². The minimum absolute atomic E-state index is 0.956. The molecule has 0 saturated heterocycles. The molecular weight excluding hydrogens is 396 g/mol. The lowest BCUT2D eigenvalue weighted by molar-refractivity contribution is 0.754. The molecule has 5 heteroatoms. The van der Waals surface area contributed by atoms with Crippen molar-refractivity contribution in [2.24, 2.45) is 0 Å². The third kappa shape index (κ3) is 6.87. The van der Waals surface area contributed by atoms with Crippen LogP contribution in [0.25, 0.3) is 0 Å². The van der Waals surface area contributed by atoms with E-state index >= 15 is 0 Å². The van der Waals surface area contributed by atoms with E-state index in [-0.39, 0.29) is 0 Å². The predicted octanol–water partition coefficient (Wildman–Crippen LogP) is 7.39. The Labute approximate surface area is 185 Å². The fraction of sp³-hybridized carbons (Fsp3) is 0.500. The summed E-state index contributed by atoms with van der Waals surface area (Å²) in [5, 5.41) is 0. The fourth-order valence-corrected chi connectivity index (χ4v) is 5.12. The molecule has 2 aromatic rings. The van der Waals surface area contributed by atoms with Crippen molar-refractivity contribution in [2.75, 3.05) is 11.5 Å². The molecule has 0 radical (unpaired) electrons. The summed E-state index contributed by atoms with van der Waals surface area (Å²) in [7, 11) is 0. The topological polar surface area (TPSA) is 61.3 Å². The Morgan fingerprint density at radius 3 is 1.10 bits per heavy atom. The van der Waals surface area contributed by atoms with Crippen molar-refractivity contribution in [3.8, 4) is 0 Å². The van der Waals surface area contributed by atoms with E-state index < -0.39 is 0 Å². The first-order valence-corrected chi connectivity index (χ1v) is 12.4. The summed E-state index contributed by atoms with van der Waals surface area (Å²) >= 11 is 2.85. The van der Waals surface area contributed by atoms with Crippen LogP contribution in [0.2, 0.25) is 0 Å². The van der Waals surface area contributed by atoms with E-state index in [1.165, 1.54) is 46.3 Å². The molecule has 0 aliphatic heterocycles. The van der Waals surface area contributed by atoms with Crippen molar-refractivity contribution in [2.45, 2.75) is 88.9 Å². The minimum atomic E-state index is 0.956. The normalized spacial score (nSPS) is 11.2. The zero-order valence-corrected chi connectivity index (χ0v) is 20.0. The number of nitrogen functional groups attached to an aromatic ring is 2. The van der Waals surface area contributed by atoms with Crippen LogP contribution in [0.15, 0.2) is 34.1 Å². The summed E-state index contributed by atoms with van der Waals surface area (Å²) in [6.45, 7) is 8.75. The quantitative estimate of drug-likeness (QED) is 0.270. The summed E-state index contributed by atoms with van der Waals surface area (Å²) in [6, 6.07) is 8.71. The van der Waals surface area contributed by atoms with Crippen molar-refractivity contribution in [3.63, 3.8) is 0 Å². The van der Waals surface area contributed by atoms with Crippen LogP contribution in [0.1, 0.15) is 75.6 Å². The zero-order valence-electron chi connectivity index (χ0n) is 18.3. The van der Waals surface area contributed by atoms with Gasteiger partial charge in [0.1, 0.15) is 0 Å². The van der Waals surface area contributed by atoms with Gasteiger partial charge >= 0.3 is 0 Å². The highest BCUT2D eigenvalue weighted by molar-refractivity contribution is 8.07. The molecule has 29 heavy (non-hydrogen) atoms. The van der Waals surface area contributed by atoms with Crippen molar-refractivity contribution >= 4 is 35.5 Å². The molecule has 0 aliphatic rings. The summed E-state index contributed by atoms with van der Waals surface area (Å²) < 4.78 is 5.97. The Hall–Kier alpha value is -1.30. The maximum atomic E-state index is 6.38. The minimum Gasteiger partial charge on any atom is -0.398 e. The van der Waals surface area contributed by atoms with E-state index in [0.717, 1.165) is 72.5 Å². The summed E-state index contributed by atoms with van der Waals surface area (Å²) in [4.78, 5) is 2.24. The van der Waals surface area contributed by atoms with E-state index in [2.05, 4.69) is 52.0 Å². The lowest BCUT2D eigenvalue weighted by atomic mass is 10.0. The van der Waals surface area contributed by atoms with Gasteiger partial charge < -0.3 is 11.5 Å². The number of hydrogen-bond acceptors (Lipinski definition) is 5. The van der Waals surface area contributed by atoms with Crippen LogP contribution in [0.4, 0.5) is 11.4 Å². The van der Waals surface area contributed by atoms with E-state index in [1.54, 1.807) is 0 Å². The molecule has 0 saturated carbocycles. The molecule has 160 valence electrons. The smallest absolute Gasteiger partial charge is 0.0448 e. The van der Waals surface area contributed by atoms with Gasteiger partial charge in [-0.05, 0) is 72.2 Å². The monoisotopic (exact) mass is 432 g/mol. The van der Waals surface area contributed by atoms with Gasteiger partial charge in [0.15, 0.2) is 0 Å². The second-order valence-corrected chi connectivity index (χ2v) is 9.37. The fourth-order valence-electron chi connectivity index (χ4n) is 3.59. The molecule has 2 rings (SSSR count). The molecule has 3 nitrogen and oxygen atoms in total. The van der Waals surface area contributed by atoms with Crippen LogP contribution in [-0.4, -0.2) is 0 Å². The van der Waals surface area contributed by atoms with Crippen molar-refractivity contribution < 1.29 is 3.63 Å². The Kier molecular flexibility index (Phi) is 10.3. The first-order chi connectivity index (χ1) is 14.0. The number of nitrogens with two attached hydrogens (primary N) is 2. The summed E-state index contributed by atoms with van der Waals surface area (Å²) in [5.74, 6) is 0. The number of anilines is 2. The van der Waals surface area contributed by atoms with Crippen LogP contribution in [0.3, 0.4) is 0 Å². The summed E-state index contributed by atoms with van der Waals surface area (Å²) in [6.07, 6.45) is 8.37. The van der Waals surface area contributed by atoms with Crippen molar-refractivity contribution in [1.29, 1.82) is 0 Å². The summed E-state index contributed by atoms with van der Waals surface area (Å²) in [5.41, 5.74) is 19.6. The van der Waals surface area contributed by atoms with Gasteiger partial charge in [-0.15, -0.1) is 0 Å². The lowest BCUT2D eigenvalue weighted by Crippen LogP contribution is -2.01. The average Bonchev–Trinajstić information content (AvgIpc) is 2.69. The molecule has 0 heterocycles. The molecule has 0 bridgehead atoms. The Morgan fingerprint density at radius 2 is 0.862 bits per heavy atom. The first kappa shape index (κ1) is 24.0. The first-order valence-electron chi connectivity index (χ1n) is 10.9. The third-order valence-corrected chi connectivity index (χ3v) is 6.39. The largest absolute Gasteiger partial charge is 0.398 e. The zero-order chi connectivity index (χ0) is 21.2. The van der Waals surface area contributed by atoms with Gasteiger partial charge in [-0.3, -0.25) is 0 Å². The third-order valence-electron chi connectivity index (χ3n) is 4.99. The Morgan fingerprint density at radius 1 is 0.586 bits per heavy atom. The number of aryl methyl sites for hydroxylation is 4. The molecule has 0 amide bonds. The predicted molar refractivity (Wildman–Crippen MR) is 130 cm³/mol. The molecule has 4 N–H and O–H groups in total. The Balaban J connectivity index is 2.14. The number of hydrogen-bond donors (Lipinski definition) is 2. The van der Waals surface area contributed by atoms with Crippen LogP contribution in [0.5, 0.6) is 0 Å². The lowest BCUT2D eigenvalue weighted by Gasteiger charge is -2.14. The highest BCUT2D eigenvalue weighted by atomic mass is 32.2. The van der Waals surface area contributed by atoms with E-state index in [4.69, 9.17) is 15.1 Å². The second kappa shape index (κ2) is 12.4. The van der Waals surface area contributed by atoms with Gasteiger partial charge in [-0.2, -0.15) is 0 Å². The molecule has 0 fully saturated rings. The van der Waals surface area contributed by atoms with Gasteiger partial charge in [-0.25, -0.2) is 3.63 Å². The molecule has 0 atom stereocenters. The highest BCUT2D eigenvalue weighted by Crippen LogP contribution is 2.36. The molecule has 2 aromatic carbocycles. The van der Waals surface area contributed by atoms with Gasteiger partial charge in [0, 0.05) is 45.3 Å². The van der Waals surface area contributed by atoms with E-state index in [0.29, 0.717) is 0 Å². The second-order valence-electron chi connectivity index (χ2n) is 7.55. The van der Waals surface area contributed by atoms with Gasteiger partial charge in [0.25, 0.3) is 0 Å². The molecular formula is C24H36N2OS2. The van der Waals surface area contributed by atoms with Gasteiger partial charge in [-0.1, -0.05) is 53.4 Å². The molecule has 0 aromatic heterocycles. The van der Waals surface area contributed by atoms with Crippen LogP contribution in [-0.2, 0) is 29.3 Å². The van der Waals surface area contributed by atoms with Crippen LogP contribution in [0, 0.1) is 0 Å². The molecule has 0 spiro atoms. The van der Waals surface area contributed by atoms with E-state index in [9.17, 15) is 0 Å². The Bertz CT molecular complexity index is 673. The van der Waals surface area contributed by atoms with Crippen molar-refractivity contribution in [1.82, 2.24) is 0 Å². The maximum Gasteiger partial charge on any atom is 0.0448 e. The SMILES string of the molecule is CCCc1cc(SOSc2cc(CCC)c(N)c(CCC)c2)cc(CCC)c1N. The van der Waals surface area contributed by atoms with Crippen LogP contribution < -0.4 is 11.5 Å². The molecule has 0 aliphatic carbocycles. The number of rotatable bonds is 12. The van der Waals surface area contributed by atoms with E-state index in [1.807, 2.05) is 0 Å².